The summed E-state index contributed by atoms with van der Waals surface area (Å²) in [7, 11) is 0. The lowest BCUT2D eigenvalue weighted by Crippen LogP contribution is -1.66. The molecule has 0 unspecified atom stereocenters. The molecule has 0 aliphatic heterocycles. The second kappa shape index (κ2) is 3.59. The molecule has 0 aliphatic rings. The molecule has 0 aliphatic carbocycles. The van der Waals surface area contributed by atoms with Crippen LogP contribution < -0.4 is 0 Å². The Morgan fingerprint density at radius 3 is 2.18 bits per heavy atom. The number of hydrogen-bond acceptors (Lipinski definition) is 0. The lowest BCUT2D eigenvalue weighted by Gasteiger charge is -1.90. The normalized spacial score (nSPS) is 11.2. The minimum absolute atomic E-state index is 1.31. The summed E-state index contributed by atoms with van der Waals surface area (Å²) < 4.78 is 0. The summed E-state index contributed by atoms with van der Waals surface area (Å²) in [5.41, 5.74) is 3.99. The van der Waals surface area contributed by atoms with E-state index in [1.54, 1.807) is 0 Å². The summed E-state index contributed by atoms with van der Waals surface area (Å²) >= 11 is 0. The smallest absolute Gasteiger partial charge is 0.00360 e. The Bertz CT molecular complexity index is 721. The van der Waals surface area contributed by atoms with E-state index in [1.807, 2.05) is 0 Å². The predicted molar refractivity (Wildman–Crippen MR) is 75.7 cm³/mol. The minimum atomic E-state index is 1.31. The van der Waals surface area contributed by atoms with Gasteiger partial charge < -0.3 is 0 Å². The van der Waals surface area contributed by atoms with Crippen molar-refractivity contribution in [1.29, 1.82) is 0 Å². The van der Waals surface area contributed by atoms with Crippen molar-refractivity contribution in [3.8, 4) is 0 Å². The SMILES string of the molecule is Cc1ccc2ccc3c(C)cc(C)cc(c1)c23. The Morgan fingerprint density at radius 2 is 1.35 bits per heavy atom. The Kier molecular flexibility index (Phi) is 2.19. The van der Waals surface area contributed by atoms with Crippen LogP contribution in [0.15, 0.2) is 42.5 Å². The lowest BCUT2D eigenvalue weighted by molar-refractivity contribution is 1.46. The first kappa shape index (κ1) is 10.3. The van der Waals surface area contributed by atoms with Crippen LogP contribution in [-0.2, 0) is 0 Å². The molecule has 0 fully saturated rings. The number of hydrogen-bond donors (Lipinski definition) is 0. The van der Waals surface area contributed by atoms with E-state index < -0.39 is 0 Å². The van der Waals surface area contributed by atoms with Gasteiger partial charge in [0.1, 0.15) is 0 Å². The fourth-order valence-corrected chi connectivity index (χ4v) is 2.69. The molecule has 3 rings (SSSR count). The first-order chi connectivity index (χ1) is 8.15. The van der Waals surface area contributed by atoms with E-state index in [9.17, 15) is 0 Å². The maximum atomic E-state index is 2.29. The summed E-state index contributed by atoms with van der Waals surface area (Å²) in [6, 6.07) is 15.7. The van der Waals surface area contributed by atoms with Gasteiger partial charge in [0.15, 0.2) is 0 Å². The number of aryl methyl sites for hydroxylation is 3. The first-order valence-corrected chi connectivity index (χ1v) is 6.05. The zero-order chi connectivity index (χ0) is 12.0. The molecular weight excluding hydrogens is 204 g/mol. The molecule has 0 saturated heterocycles. The highest BCUT2D eigenvalue weighted by molar-refractivity contribution is 6.11. The molecule has 0 saturated carbocycles. The third kappa shape index (κ3) is 1.61. The fraction of sp³-hybridized carbons (Fsp3) is 0.176. The quantitative estimate of drug-likeness (QED) is 0.504. The van der Waals surface area contributed by atoms with Crippen molar-refractivity contribution in [2.45, 2.75) is 20.8 Å². The highest BCUT2D eigenvalue weighted by Gasteiger charge is 2.04. The molecule has 0 aromatic heterocycles. The molecule has 0 spiro atoms. The molecule has 0 amide bonds. The molecule has 0 bridgehead atoms. The molecule has 0 atom stereocenters. The molecule has 0 radical (unpaired) electrons. The van der Waals surface area contributed by atoms with Crippen molar-refractivity contribution < 1.29 is 0 Å². The zero-order valence-electron chi connectivity index (χ0n) is 10.5. The van der Waals surface area contributed by atoms with Gasteiger partial charge in [0, 0.05) is 0 Å². The fourth-order valence-electron chi connectivity index (χ4n) is 2.69. The van der Waals surface area contributed by atoms with Crippen molar-refractivity contribution in [3.05, 3.63) is 59.2 Å². The van der Waals surface area contributed by atoms with Gasteiger partial charge in [0.05, 0.1) is 0 Å². The maximum Gasteiger partial charge on any atom is -0.00360 e. The largest absolute Gasteiger partial charge is 0.0587 e. The van der Waals surface area contributed by atoms with Crippen molar-refractivity contribution in [1.82, 2.24) is 0 Å². The summed E-state index contributed by atoms with van der Waals surface area (Å²) in [5.74, 6) is 0. The highest BCUT2D eigenvalue weighted by atomic mass is 14.1. The van der Waals surface area contributed by atoms with Crippen LogP contribution in [0.2, 0.25) is 0 Å². The van der Waals surface area contributed by atoms with Gasteiger partial charge in [-0.2, -0.15) is 0 Å². The number of rotatable bonds is 0. The molecule has 0 heteroatoms. The van der Waals surface area contributed by atoms with Gasteiger partial charge in [0.2, 0.25) is 0 Å². The van der Waals surface area contributed by atoms with Gasteiger partial charge in [-0.25, -0.2) is 0 Å². The standard InChI is InChI=1S/C17H16/c1-11-4-5-14-6-7-16-13(3)8-12(2)10-15(9-11)17(14)16/h4-10H,1-3H3. The van der Waals surface area contributed by atoms with Crippen LogP contribution in [-0.4, -0.2) is 0 Å². The molecule has 0 N–H and O–H groups in total. The first-order valence-electron chi connectivity index (χ1n) is 6.05. The molecular formula is C17H16. The van der Waals surface area contributed by atoms with E-state index in [2.05, 4.69) is 63.2 Å². The van der Waals surface area contributed by atoms with Crippen LogP contribution >= 0.6 is 0 Å². The van der Waals surface area contributed by atoms with E-state index in [-0.39, 0.29) is 0 Å². The van der Waals surface area contributed by atoms with Gasteiger partial charge >= 0.3 is 0 Å². The molecule has 3 aromatic carbocycles. The van der Waals surface area contributed by atoms with Gasteiger partial charge in [-0.1, -0.05) is 53.6 Å². The van der Waals surface area contributed by atoms with E-state index in [0.29, 0.717) is 0 Å². The van der Waals surface area contributed by atoms with E-state index >= 15 is 0 Å². The van der Waals surface area contributed by atoms with Gasteiger partial charge in [-0.15, -0.1) is 0 Å². The zero-order valence-corrected chi connectivity index (χ0v) is 10.5. The monoisotopic (exact) mass is 220 g/mol. The summed E-state index contributed by atoms with van der Waals surface area (Å²) in [4.78, 5) is 0. The average molecular weight is 220 g/mol. The molecule has 84 valence electrons. The van der Waals surface area contributed by atoms with E-state index in [1.165, 1.54) is 38.2 Å². The second-order valence-corrected chi connectivity index (χ2v) is 4.97. The van der Waals surface area contributed by atoms with Crippen molar-refractivity contribution in [3.63, 3.8) is 0 Å². The van der Waals surface area contributed by atoms with Crippen LogP contribution in [0.4, 0.5) is 0 Å². The highest BCUT2D eigenvalue weighted by Crippen LogP contribution is 2.30. The predicted octanol–water partition coefficient (Wildman–Crippen LogP) is 4.92. The van der Waals surface area contributed by atoms with Crippen LogP contribution in [0, 0.1) is 20.8 Å². The Hall–Kier alpha value is -1.82. The molecule has 3 aromatic rings. The van der Waals surface area contributed by atoms with E-state index in [4.69, 9.17) is 0 Å². The summed E-state index contributed by atoms with van der Waals surface area (Å²) in [5, 5.41) is 5.44. The maximum absolute atomic E-state index is 2.29. The van der Waals surface area contributed by atoms with Crippen LogP contribution in [0.1, 0.15) is 16.7 Å². The summed E-state index contributed by atoms with van der Waals surface area (Å²) in [6.07, 6.45) is 0. The summed E-state index contributed by atoms with van der Waals surface area (Å²) in [6.45, 7) is 6.52. The average Bonchev–Trinajstić information content (AvgIpc) is 2.57. The molecule has 0 nitrogen and oxygen atoms in total. The Balaban J connectivity index is 2.71. The molecule has 17 heavy (non-hydrogen) atoms. The lowest BCUT2D eigenvalue weighted by atomic mass is 10.1. The molecule has 0 heterocycles. The van der Waals surface area contributed by atoms with Crippen molar-refractivity contribution in [2.75, 3.05) is 0 Å². The van der Waals surface area contributed by atoms with Crippen LogP contribution in [0.5, 0.6) is 0 Å². The van der Waals surface area contributed by atoms with E-state index in [0.717, 1.165) is 0 Å². The van der Waals surface area contributed by atoms with Crippen LogP contribution in [0.25, 0.3) is 21.5 Å². The van der Waals surface area contributed by atoms with Crippen LogP contribution in [0.3, 0.4) is 0 Å². The van der Waals surface area contributed by atoms with Gasteiger partial charge in [0.25, 0.3) is 0 Å². The second-order valence-electron chi connectivity index (χ2n) is 4.97. The Labute approximate surface area is 102 Å². The van der Waals surface area contributed by atoms with Crippen molar-refractivity contribution >= 4 is 21.5 Å². The minimum Gasteiger partial charge on any atom is -0.0587 e. The Morgan fingerprint density at radius 1 is 0.647 bits per heavy atom. The third-order valence-electron chi connectivity index (χ3n) is 3.44. The third-order valence-corrected chi connectivity index (χ3v) is 3.44. The van der Waals surface area contributed by atoms with Gasteiger partial charge in [-0.3, -0.25) is 0 Å². The van der Waals surface area contributed by atoms with Crippen molar-refractivity contribution in [2.24, 2.45) is 0 Å². The topological polar surface area (TPSA) is 0 Å². The van der Waals surface area contributed by atoms with Gasteiger partial charge in [-0.05, 0) is 47.9 Å².